The number of piperazine rings is 1. The van der Waals surface area contributed by atoms with Crippen LogP contribution >= 0.6 is 11.6 Å². The summed E-state index contributed by atoms with van der Waals surface area (Å²) in [6, 6.07) is 15.4. The maximum atomic E-state index is 13.1. The zero-order valence-corrected chi connectivity index (χ0v) is 20.6. The SMILES string of the molecule is CCOC(=O)C1=C(CN2CCN(C(=O)c3ccc(Cl)cc3)CC2)N(C)C(=O)NC1c1ccccc1. The van der Waals surface area contributed by atoms with E-state index >= 15 is 0 Å². The van der Waals surface area contributed by atoms with E-state index in [0.29, 0.717) is 54.6 Å². The maximum Gasteiger partial charge on any atom is 0.338 e. The summed E-state index contributed by atoms with van der Waals surface area (Å²) in [4.78, 5) is 44.2. The van der Waals surface area contributed by atoms with E-state index in [0.717, 1.165) is 5.56 Å². The van der Waals surface area contributed by atoms with Crippen molar-refractivity contribution < 1.29 is 19.1 Å². The third kappa shape index (κ3) is 5.49. The Morgan fingerprint density at radius 1 is 1.03 bits per heavy atom. The molecule has 1 N–H and O–H groups in total. The van der Waals surface area contributed by atoms with Crippen molar-refractivity contribution in [2.24, 2.45) is 0 Å². The zero-order valence-electron chi connectivity index (χ0n) is 19.9. The first-order valence-electron chi connectivity index (χ1n) is 11.7. The predicted octanol–water partition coefficient (Wildman–Crippen LogP) is 3.31. The molecule has 1 saturated heterocycles. The zero-order chi connectivity index (χ0) is 24.9. The van der Waals surface area contributed by atoms with Gasteiger partial charge >= 0.3 is 12.0 Å². The van der Waals surface area contributed by atoms with Gasteiger partial charge in [0.25, 0.3) is 5.91 Å². The fraction of sp³-hybridized carbons (Fsp3) is 0.346. The van der Waals surface area contributed by atoms with Gasteiger partial charge in [-0.1, -0.05) is 41.9 Å². The van der Waals surface area contributed by atoms with Gasteiger partial charge in [-0.2, -0.15) is 0 Å². The minimum atomic E-state index is -0.596. The molecule has 0 aliphatic carbocycles. The van der Waals surface area contributed by atoms with Crippen molar-refractivity contribution >= 4 is 29.5 Å². The van der Waals surface area contributed by atoms with Gasteiger partial charge in [0.2, 0.25) is 0 Å². The van der Waals surface area contributed by atoms with Crippen LogP contribution in [0.15, 0.2) is 65.9 Å². The van der Waals surface area contributed by atoms with Gasteiger partial charge in [-0.25, -0.2) is 9.59 Å². The Labute approximate surface area is 210 Å². The van der Waals surface area contributed by atoms with Gasteiger partial charge in [0.1, 0.15) is 0 Å². The lowest BCUT2D eigenvalue weighted by Gasteiger charge is -2.39. The molecule has 4 rings (SSSR count). The fourth-order valence-corrected chi connectivity index (χ4v) is 4.52. The topological polar surface area (TPSA) is 82.2 Å². The molecule has 2 aromatic rings. The lowest BCUT2D eigenvalue weighted by atomic mass is 9.94. The first kappa shape index (κ1) is 24.8. The van der Waals surface area contributed by atoms with E-state index in [1.165, 1.54) is 4.90 Å². The summed E-state index contributed by atoms with van der Waals surface area (Å²) in [6.07, 6.45) is 0. The second-order valence-corrected chi connectivity index (χ2v) is 8.94. The smallest absolute Gasteiger partial charge is 0.338 e. The van der Waals surface area contributed by atoms with Gasteiger partial charge in [0.15, 0.2) is 0 Å². The van der Waals surface area contributed by atoms with Crippen molar-refractivity contribution in [1.29, 1.82) is 0 Å². The van der Waals surface area contributed by atoms with E-state index in [-0.39, 0.29) is 18.5 Å². The standard InChI is InChI=1S/C26H29ClN4O4/c1-3-35-25(33)22-21(29(2)26(34)28-23(22)18-7-5-4-6-8-18)17-30-13-15-31(16-14-30)24(32)19-9-11-20(27)12-10-19/h4-12,23H,3,13-17H2,1-2H3,(H,28,34). The Bertz CT molecular complexity index is 1110. The molecule has 3 amide bonds. The summed E-state index contributed by atoms with van der Waals surface area (Å²) < 4.78 is 5.39. The molecule has 1 fully saturated rings. The molecule has 2 heterocycles. The molecule has 1 atom stereocenters. The van der Waals surface area contributed by atoms with Crippen molar-refractivity contribution in [3.05, 3.63) is 82.0 Å². The highest BCUT2D eigenvalue weighted by Gasteiger charge is 2.37. The lowest BCUT2D eigenvalue weighted by Crippen LogP contribution is -2.53. The monoisotopic (exact) mass is 496 g/mol. The van der Waals surface area contributed by atoms with Gasteiger partial charge in [0.05, 0.1) is 18.2 Å². The van der Waals surface area contributed by atoms with E-state index in [1.807, 2.05) is 35.2 Å². The van der Waals surface area contributed by atoms with Crippen molar-refractivity contribution in [3.8, 4) is 0 Å². The molecular formula is C26H29ClN4O4. The Morgan fingerprint density at radius 3 is 2.31 bits per heavy atom. The van der Waals surface area contributed by atoms with Crippen LogP contribution in [0.5, 0.6) is 0 Å². The molecule has 2 aliphatic heterocycles. The summed E-state index contributed by atoms with van der Waals surface area (Å²) in [7, 11) is 1.66. The molecule has 184 valence electrons. The number of hydrogen-bond acceptors (Lipinski definition) is 5. The number of rotatable bonds is 6. The highest BCUT2D eigenvalue weighted by molar-refractivity contribution is 6.30. The van der Waals surface area contributed by atoms with Crippen molar-refractivity contribution in [3.63, 3.8) is 0 Å². The van der Waals surface area contributed by atoms with Gasteiger partial charge in [0, 0.05) is 56.1 Å². The minimum absolute atomic E-state index is 0.0361. The molecule has 0 bridgehead atoms. The third-order valence-electron chi connectivity index (χ3n) is 6.33. The highest BCUT2D eigenvalue weighted by atomic mass is 35.5. The first-order valence-corrected chi connectivity index (χ1v) is 12.0. The molecule has 2 aliphatic rings. The molecule has 0 radical (unpaired) electrons. The van der Waals surface area contributed by atoms with E-state index < -0.39 is 12.0 Å². The second kappa shape index (κ2) is 10.9. The number of nitrogens with one attached hydrogen (secondary N) is 1. The molecule has 0 aromatic heterocycles. The van der Waals surface area contributed by atoms with Crippen LogP contribution in [0.4, 0.5) is 4.79 Å². The fourth-order valence-electron chi connectivity index (χ4n) is 4.39. The van der Waals surface area contributed by atoms with Crippen LogP contribution in [0.25, 0.3) is 0 Å². The summed E-state index contributed by atoms with van der Waals surface area (Å²) >= 11 is 5.94. The number of nitrogens with zero attached hydrogens (tertiary/aromatic N) is 3. The maximum absolute atomic E-state index is 13.1. The molecule has 35 heavy (non-hydrogen) atoms. The normalized spacial score (nSPS) is 18.9. The van der Waals surface area contributed by atoms with Crippen LogP contribution in [0.1, 0.15) is 28.9 Å². The molecular weight excluding hydrogens is 468 g/mol. The number of carbonyl (C=O) groups is 3. The Hall–Kier alpha value is -3.36. The molecule has 9 heteroatoms. The average molecular weight is 497 g/mol. The lowest BCUT2D eigenvalue weighted by molar-refractivity contribution is -0.139. The quantitative estimate of drug-likeness (QED) is 0.620. The van der Waals surface area contributed by atoms with Crippen LogP contribution in [-0.2, 0) is 9.53 Å². The molecule has 1 unspecified atom stereocenters. The number of amides is 3. The first-order chi connectivity index (χ1) is 16.9. The third-order valence-corrected chi connectivity index (χ3v) is 6.58. The number of benzene rings is 2. The Kier molecular flexibility index (Phi) is 7.73. The van der Waals surface area contributed by atoms with Crippen LogP contribution < -0.4 is 5.32 Å². The molecule has 0 saturated carbocycles. The van der Waals surface area contributed by atoms with E-state index in [1.54, 1.807) is 38.2 Å². The van der Waals surface area contributed by atoms with Gasteiger partial charge in [-0.05, 0) is 36.8 Å². The number of urea groups is 1. The van der Waals surface area contributed by atoms with Crippen LogP contribution in [0.2, 0.25) is 5.02 Å². The van der Waals surface area contributed by atoms with E-state index in [9.17, 15) is 14.4 Å². The van der Waals surface area contributed by atoms with Crippen LogP contribution in [-0.4, -0.2) is 79.0 Å². The minimum Gasteiger partial charge on any atom is -0.463 e. The number of halogens is 1. The van der Waals surface area contributed by atoms with Crippen molar-refractivity contribution in [2.45, 2.75) is 13.0 Å². The second-order valence-electron chi connectivity index (χ2n) is 8.51. The van der Waals surface area contributed by atoms with Gasteiger partial charge in [-0.15, -0.1) is 0 Å². The Balaban J connectivity index is 1.54. The molecule has 8 nitrogen and oxygen atoms in total. The van der Waals surface area contributed by atoms with Crippen LogP contribution in [0.3, 0.4) is 0 Å². The van der Waals surface area contributed by atoms with Gasteiger partial charge < -0.3 is 15.0 Å². The average Bonchev–Trinajstić information content (AvgIpc) is 2.87. The number of carbonyl (C=O) groups excluding carboxylic acids is 3. The summed E-state index contributed by atoms with van der Waals surface area (Å²) in [5, 5.41) is 3.52. The van der Waals surface area contributed by atoms with E-state index in [2.05, 4.69) is 10.2 Å². The summed E-state index contributed by atoms with van der Waals surface area (Å²) in [6.45, 7) is 4.71. The van der Waals surface area contributed by atoms with Crippen LogP contribution in [0, 0.1) is 0 Å². The molecule has 2 aromatic carbocycles. The summed E-state index contributed by atoms with van der Waals surface area (Å²) in [5.41, 5.74) is 2.45. The highest BCUT2D eigenvalue weighted by Crippen LogP contribution is 2.31. The Morgan fingerprint density at radius 2 is 1.69 bits per heavy atom. The molecule has 0 spiro atoms. The number of ether oxygens (including phenoxy) is 1. The van der Waals surface area contributed by atoms with Crippen molar-refractivity contribution in [1.82, 2.24) is 20.0 Å². The van der Waals surface area contributed by atoms with Gasteiger partial charge in [-0.3, -0.25) is 14.6 Å². The number of likely N-dealkylation sites (N-methyl/N-ethyl adjacent to an activating group) is 1. The van der Waals surface area contributed by atoms with Crippen molar-refractivity contribution in [2.75, 3.05) is 46.4 Å². The predicted molar refractivity (Wildman–Crippen MR) is 133 cm³/mol. The van der Waals surface area contributed by atoms with E-state index in [4.69, 9.17) is 16.3 Å². The number of esters is 1. The number of hydrogen-bond donors (Lipinski definition) is 1. The largest absolute Gasteiger partial charge is 0.463 e. The summed E-state index contributed by atoms with van der Waals surface area (Å²) in [5.74, 6) is -0.481.